The van der Waals surface area contributed by atoms with Gasteiger partial charge in [-0.2, -0.15) is 0 Å². The molecule has 0 unspecified atom stereocenters. The second kappa shape index (κ2) is 7.46. The third-order valence-electron chi connectivity index (χ3n) is 1.57. The van der Waals surface area contributed by atoms with Gasteiger partial charge in [0.05, 0.1) is 6.42 Å². The monoisotopic (exact) mass is 185 g/mol. The van der Waals surface area contributed by atoms with Crippen molar-refractivity contribution in [2.75, 3.05) is 6.54 Å². The number of aldehydes is 1. The van der Waals surface area contributed by atoms with Crippen LogP contribution in [0.3, 0.4) is 0 Å². The molecule has 0 rings (SSSR count). The van der Waals surface area contributed by atoms with Crippen LogP contribution in [0.5, 0.6) is 0 Å². The maximum atomic E-state index is 10.8. The lowest BCUT2D eigenvalue weighted by atomic mass is 10.1. The second-order valence-corrected chi connectivity index (χ2v) is 2.85. The summed E-state index contributed by atoms with van der Waals surface area (Å²) in [7, 11) is 0. The van der Waals surface area contributed by atoms with Gasteiger partial charge in [0.15, 0.2) is 0 Å². The van der Waals surface area contributed by atoms with Gasteiger partial charge >= 0.3 is 0 Å². The quantitative estimate of drug-likeness (QED) is 0.356. The van der Waals surface area contributed by atoms with Crippen molar-refractivity contribution in [2.24, 2.45) is 0 Å². The van der Waals surface area contributed by atoms with Gasteiger partial charge in [-0.1, -0.05) is 0 Å². The zero-order valence-corrected chi connectivity index (χ0v) is 7.84. The number of amides is 1. The fourth-order valence-corrected chi connectivity index (χ4v) is 0.907. The Labute approximate surface area is 77.7 Å². The van der Waals surface area contributed by atoms with E-state index < -0.39 is 0 Å². The SMILES string of the molecule is CC(=O)NCCCCC(=O)CC=O. The molecule has 74 valence electrons. The summed E-state index contributed by atoms with van der Waals surface area (Å²) < 4.78 is 0. The van der Waals surface area contributed by atoms with Crippen LogP contribution < -0.4 is 5.32 Å². The smallest absolute Gasteiger partial charge is 0.216 e. The maximum Gasteiger partial charge on any atom is 0.216 e. The number of ketones is 1. The van der Waals surface area contributed by atoms with Crippen molar-refractivity contribution in [1.29, 1.82) is 0 Å². The van der Waals surface area contributed by atoms with E-state index in [0.717, 1.165) is 12.8 Å². The van der Waals surface area contributed by atoms with Gasteiger partial charge < -0.3 is 10.1 Å². The first-order valence-corrected chi connectivity index (χ1v) is 4.36. The Kier molecular flexibility index (Phi) is 6.78. The van der Waals surface area contributed by atoms with E-state index in [1.54, 1.807) is 0 Å². The number of hydrogen-bond donors (Lipinski definition) is 1. The van der Waals surface area contributed by atoms with Crippen LogP contribution in [0.25, 0.3) is 0 Å². The van der Waals surface area contributed by atoms with E-state index in [0.29, 0.717) is 19.3 Å². The molecule has 0 bridgehead atoms. The lowest BCUT2D eigenvalue weighted by Crippen LogP contribution is -2.20. The molecule has 1 amide bonds. The molecule has 1 N–H and O–H groups in total. The van der Waals surface area contributed by atoms with Crippen molar-refractivity contribution in [1.82, 2.24) is 5.32 Å². The van der Waals surface area contributed by atoms with Gasteiger partial charge in [0, 0.05) is 19.9 Å². The van der Waals surface area contributed by atoms with E-state index in [4.69, 9.17) is 0 Å². The van der Waals surface area contributed by atoms with Crippen LogP contribution >= 0.6 is 0 Å². The van der Waals surface area contributed by atoms with Crippen LogP contribution in [0.1, 0.15) is 32.6 Å². The van der Waals surface area contributed by atoms with Gasteiger partial charge in [0.2, 0.25) is 5.91 Å². The number of rotatable bonds is 7. The second-order valence-electron chi connectivity index (χ2n) is 2.85. The molecule has 13 heavy (non-hydrogen) atoms. The summed E-state index contributed by atoms with van der Waals surface area (Å²) in [4.78, 5) is 31.2. The van der Waals surface area contributed by atoms with Gasteiger partial charge in [-0.3, -0.25) is 9.59 Å². The van der Waals surface area contributed by atoms with E-state index in [1.807, 2.05) is 0 Å². The van der Waals surface area contributed by atoms with Gasteiger partial charge in [-0.05, 0) is 12.8 Å². The highest BCUT2D eigenvalue weighted by Crippen LogP contribution is 1.97. The lowest BCUT2D eigenvalue weighted by Gasteiger charge is -2.00. The minimum absolute atomic E-state index is 0.0140. The Hall–Kier alpha value is -1.19. The summed E-state index contributed by atoms with van der Waals surface area (Å²) >= 11 is 0. The number of unbranched alkanes of at least 4 members (excludes halogenated alkanes) is 1. The Balaban J connectivity index is 3.20. The molecule has 0 atom stereocenters. The van der Waals surface area contributed by atoms with E-state index >= 15 is 0 Å². The van der Waals surface area contributed by atoms with Crippen LogP contribution in [-0.4, -0.2) is 24.5 Å². The molecule has 0 aromatic carbocycles. The van der Waals surface area contributed by atoms with Crippen LogP contribution in [0.2, 0.25) is 0 Å². The molecule has 0 fully saturated rings. The summed E-state index contributed by atoms with van der Waals surface area (Å²) in [6.07, 6.45) is 2.58. The molecule has 0 saturated carbocycles. The number of carbonyl (C=O) groups is 3. The minimum Gasteiger partial charge on any atom is -0.356 e. The first kappa shape index (κ1) is 11.8. The summed E-state index contributed by atoms with van der Waals surface area (Å²) in [5, 5.41) is 2.63. The summed E-state index contributed by atoms with van der Waals surface area (Å²) in [5.41, 5.74) is 0. The zero-order valence-electron chi connectivity index (χ0n) is 7.84. The van der Waals surface area contributed by atoms with Crippen molar-refractivity contribution in [3.8, 4) is 0 Å². The first-order chi connectivity index (χ1) is 6.16. The van der Waals surface area contributed by atoms with E-state index in [9.17, 15) is 14.4 Å². The molecule has 0 saturated heterocycles. The molecule has 0 heterocycles. The van der Waals surface area contributed by atoms with Gasteiger partial charge in [0.1, 0.15) is 12.1 Å². The predicted octanol–water partition coefficient (Wildman–Crippen LogP) is 0.451. The third kappa shape index (κ3) is 8.72. The molecule has 0 aromatic heterocycles. The highest BCUT2D eigenvalue weighted by molar-refractivity contribution is 5.89. The van der Waals surface area contributed by atoms with Crippen molar-refractivity contribution in [3.05, 3.63) is 0 Å². The fourth-order valence-electron chi connectivity index (χ4n) is 0.907. The molecule has 0 spiro atoms. The third-order valence-corrected chi connectivity index (χ3v) is 1.57. The van der Waals surface area contributed by atoms with Crippen LogP contribution in [0, 0.1) is 0 Å². The molecule has 4 heteroatoms. The number of carbonyl (C=O) groups excluding carboxylic acids is 3. The molecule has 4 nitrogen and oxygen atoms in total. The number of nitrogens with one attached hydrogen (secondary N) is 1. The average molecular weight is 185 g/mol. The Morgan fingerprint density at radius 1 is 1.31 bits per heavy atom. The Bertz CT molecular complexity index is 189. The highest BCUT2D eigenvalue weighted by Gasteiger charge is 1.99. The molecule has 0 aliphatic carbocycles. The average Bonchev–Trinajstić information content (AvgIpc) is 2.03. The minimum atomic E-state index is -0.0563. The van der Waals surface area contributed by atoms with Crippen LogP contribution in [0.4, 0.5) is 0 Å². The number of hydrogen-bond acceptors (Lipinski definition) is 3. The first-order valence-electron chi connectivity index (χ1n) is 4.36. The summed E-state index contributed by atoms with van der Waals surface area (Å²) in [6.45, 7) is 2.06. The van der Waals surface area contributed by atoms with Gasteiger partial charge in [-0.15, -0.1) is 0 Å². The molecule has 0 aliphatic rings. The maximum absolute atomic E-state index is 10.8. The van der Waals surface area contributed by atoms with E-state index in [2.05, 4.69) is 5.32 Å². The standard InChI is InChI=1S/C9H15NO3/c1-8(12)10-6-3-2-4-9(13)5-7-11/h7H,2-6H2,1H3,(H,10,12). The normalized spacial score (nSPS) is 9.31. The van der Waals surface area contributed by atoms with Crippen LogP contribution in [-0.2, 0) is 14.4 Å². The molecule has 0 aliphatic heterocycles. The van der Waals surface area contributed by atoms with Gasteiger partial charge in [0.25, 0.3) is 0 Å². The van der Waals surface area contributed by atoms with Gasteiger partial charge in [-0.25, -0.2) is 0 Å². The Morgan fingerprint density at radius 2 is 2.00 bits per heavy atom. The highest BCUT2D eigenvalue weighted by atomic mass is 16.1. The Morgan fingerprint density at radius 3 is 2.54 bits per heavy atom. The summed E-state index contributed by atoms with van der Waals surface area (Å²) in [5.74, 6) is -0.0861. The molecule has 0 aromatic rings. The zero-order chi connectivity index (χ0) is 10.1. The van der Waals surface area contributed by atoms with Crippen molar-refractivity contribution in [2.45, 2.75) is 32.6 Å². The molecule has 0 radical (unpaired) electrons. The van der Waals surface area contributed by atoms with E-state index in [-0.39, 0.29) is 18.1 Å². The summed E-state index contributed by atoms with van der Waals surface area (Å²) in [6, 6.07) is 0. The van der Waals surface area contributed by atoms with Crippen molar-refractivity contribution < 1.29 is 14.4 Å². The fraction of sp³-hybridized carbons (Fsp3) is 0.667. The molecular weight excluding hydrogens is 170 g/mol. The lowest BCUT2D eigenvalue weighted by molar-refractivity contribution is -0.122. The molecular formula is C9H15NO3. The number of Topliss-reactive ketones (excluding diaryl/α,β-unsaturated/α-hetero) is 1. The largest absolute Gasteiger partial charge is 0.356 e. The van der Waals surface area contributed by atoms with Crippen molar-refractivity contribution >= 4 is 18.0 Å². The van der Waals surface area contributed by atoms with E-state index in [1.165, 1.54) is 6.92 Å². The topological polar surface area (TPSA) is 63.2 Å². The van der Waals surface area contributed by atoms with Crippen LogP contribution in [0.15, 0.2) is 0 Å². The van der Waals surface area contributed by atoms with Crippen molar-refractivity contribution in [3.63, 3.8) is 0 Å². The predicted molar refractivity (Wildman–Crippen MR) is 48.2 cm³/mol.